The molecule has 1 aliphatic rings. The molecule has 1 amide bonds. The van der Waals surface area contributed by atoms with Crippen molar-refractivity contribution < 1.29 is 4.79 Å². The zero-order chi connectivity index (χ0) is 19.3. The van der Waals surface area contributed by atoms with E-state index in [1.54, 1.807) is 10.9 Å². The minimum Gasteiger partial charge on any atom is -0.350 e. The van der Waals surface area contributed by atoms with Crippen LogP contribution in [-0.2, 0) is 24.4 Å². The molecular weight excluding hydrogens is 356 g/mol. The summed E-state index contributed by atoms with van der Waals surface area (Å²) in [5, 5.41) is 14.8. The number of aryl methyl sites for hydroxylation is 1. The smallest absolute Gasteiger partial charge is 0.242 e. The third-order valence-electron chi connectivity index (χ3n) is 5.02. The van der Waals surface area contributed by atoms with Gasteiger partial charge in [-0.2, -0.15) is 0 Å². The monoisotopic (exact) mass is 380 g/mol. The Balaban J connectivity index is 1.38. The van der Waals surface area contributed by atoms with Gasteiger partial charge in [-0.1, -0.05) is 18.2 Å². The van der Waals surface area contributed by atoms with E-state index in [4.69, 9.17) is 0 Å². The first-order valence-electron chi connectivity index (χ1n) is 9.53. The molecule has 0 saturated carbocycles. The fourth-order valence-corrected chi connectivity index (χ4v) is 3.51. The average Bonchev–Trinajstić information content (AvgIpc) is 3.45. The maximum atomic E-state index is 12.5. The molecule has 1 saturated heterocycles. The summed E-state index contributed by atoms with van der Waals surface area (Å²) in [6, 6.07) is 7.97. The van der Waals surface area contributed by atoms with E-state index < -0.39 is 0 Å². The van der Waals surface area contributed by atoms with E-state index in [2.05, 4.69) is 30.7 Å². The van der Waals surface area contributed by atoms with Gasteiger partial charge in [0.05, 0.1) is 12.2 Å². The van der Waals surface area contributed by atoms with E-state index in [9.17, 15) is 4.79 Å². The van der Waals surface area contributed by atoms with Gasteiger partial charge in [-0.05, 0) is 54.9 Å². The highest BCUT2D eigenvalue weighted by atomic mass is 16.2. The number of carbonyl (C=O) groups excluding carboxylic acids is 1. The van der Waals surface area contributed by atoms with Crippen LogP contribution in [0.25, 0.3) is 5.69 Å². The van der Waals surface area contributed by atoms with Crippen molar-refractivity contribution in [3.05, 3.63) is 53.9 Å². The van der Waals surface area contributed by atoms with E-state index in [-0.39, 0.29) is 12.5 Å². The molecule has 3 heterocycles. The topological polar surface area (TPSA) is 93.8 Å². The van der Waals surface area contributed by atoms with Crippen LogP contribution in [0.1, 0.15) is 30.1 Å². The minimum absolute atomic E-state index is 0.114. The van der Waals surface area contributed by atoms with E-state index in [1.165, 1.54) is 12.8 Å². The third kappa shape index (κ3) is 4.09. The van der Waals surface area contributed by atoms with Crippen LogP contribution >= 0.6 is 0 Å². The molecule has 2 aromatic heterocycles. The summed E-state index contributed by atoms with van der Waals surface area (Å²) in [6.45, 7) is 5.30. The zero-order valence-electron chi connectivity index (χ0n) is 16.0. The predicted molar refractivity (Wildman–Crippen MR) is 102 cm³/mol. The summed E-state index contributed by atoms with van der Waals surface area (Å²) in [4.78, 5) is 19.1. The molecule has 9 nitrogen and oxygen atoms in total. The number of nitrogens with one attached hydrogen (secondary N) is 1. The number of tetrazole rings is 1. The highest BCUT2D eigenvalue weighted by Crippen LogP contribution is 2.16. The van der Waals surface area contributed by atoms with Gasteiger partial charge in [-0.3, -0.25) is 9.69 Å². The number of aromatic nitrogens is 6. The second-order valence-corrected chi connectivity index (χ2v) is 6.99. The molecule has 1 N–H and O–H groups in total. The number of rotatable bonds is 7. The fourth-order valence-electron chi connectivity index (χ4n) is 3.51. The summed E-state index contributed by atoms with van der Waals surface area (Å²) in [5.41, 5.74) is 2.03. The first kappa shape index (κ1) is 18.3. The highest BCUT2D eigenvalue weighted by Gasteiger charge is 2.17. The number of para-hydroxylation sites is 1. The van der Waals surface area contributed by atoms with Crippen molar-refractivity contribution in [2.24, 2.45) is 0 Å². The molecule has 28 heavy (non-hydrogen) atoms. The Morgan fingerprint density at radius 2 is 2.04 bits per heavy atom. The Morgan fingerprint density at radius 3 is 2.82 bits per heavy atom. The maximum absolute atomic E-state index is 12.5. The predicted octanol–water partition coefficient (Wildman–Crippen LogP) is 1.08. The van der Waals surface area contributed by atoms with Crippen molar-refractivity contribution in [3.63, 3.8) is 0 Å². The normalized spacial score (nSPS) is 14.5. The number of hydrogen-bond donors (Lipinski definition) is 1. The first-order chi connectivity index (χ1) is 13.7. The van der Waals surface area contributed by atoms with Gasteiger partial charge in [0.25, 0.3) is 0 Å². The lowest BCUT2D eigenvalue weighted by atomic mass is 10.1. The lowest BCUT2D eigenvalue weighted by molar-refractivity contribution is -0.122. The number of nitrogens with zero attached hydrogens (tertiary/aromatic N) is 7. The van der Waals surface area contributed by atoms with Gasteiger partial charge in [0.15, 0.2) is 5.82 Å². The first-order valence-corrected chi connectivity index (χ1v) is 9.53. The Morgan fingerprint density at radius 1 is 1.21 bits per heavy atom. The van der Waals surface area contributed by atoms with Crippen molar-refractivity contribution in [1.29, 1.82) is 0 Å². The molecule has 0 spiro atoms. The number of amides is 1. The van der Waals surface area contributed by atoms with Gasteiger partial charge in [-0.15, -0.1) is 5.10 Å². The van der Waals surface area contributed by atoms with Crippen LogP contribution < -0.4 is 5.32 Å². The quantitative estimate of drug-likeness (QED) is 0.659. The molecule has 9 heteroatoms. The number of imidazole rings is 1. The van der Waals surface area contributed by atoms with Gasteiger partial charge in [-0.25, -0.2) is 9.67 Å². The molecule has 0 bridgehead atoms. The lowest BCUT2D eigenvalue weighted by Gasteiger charge is -2.14. The van der Waals surface area contributed by atoms with E-state index in [0.29, 0.717) is 13.1 Å². The SMILES string of the molecule is Cc1nccn1-c1ccccc1CNC(=O)Cn1nnnc1CN1CCCC1. The molecule has 0 radical (unpaired) electrons. The van der Waals surface area contributed by atoms with Gasteiger partial charge >= 0.3 is 0 Å². The molecule has 0 atom stereocenters. The van der Waals surface area contributed by atoms with Crippen LogP contribution in [0.2, 0.25) is 0 Å². The average molecular weight is 380 g/mol. The van der Waals surface area contributed by atoms with Crippen LogP contribution in [0.5, 0.6) is 0 Å². The molecule has 1 aromatic carbocycles. The van der Waals surface area contributed by atoms with Crippen LogP contribution in [-0.4, -0.2) is 53.7 Å². The second-order valence-electron chi connectivity index (χ2n) is 6.99. The summed E-state index contributed by atoms with van der Waals surface area (Å²) in [7, 11) is 0. The van der Waals surface area contributed by atoms with Crippen LogP contribution in [0, 0.1) is 6.92 Å². The summed E-state index contributed by atoms with van der Waals surface area (Å²) in [6.07, 6.45) is 6.10. The van der Waals surface area contributed by atoms with Gasteiger partial charge in [0.2, 0.25) is 5.91 Å². The molecule has 1 fully saturated rings. The van der Waals surface area contributed by atoms with Gasteiger partial charge in [0, 0.05) is 18.9 Å². The van der Waals surface area contributed by atoms with Gasteiger partial charge in [0.1, 0.15) is 12.4 Å². The van der Waals surface area contributed by atoms with Crippen molar-refractivity contribution in [1.82, 2.24) is 40.0 Å². The number of benzene rings is 1. The van der Waals surface area contributed by atoms with Crippen molar-refractivity contribution in [2.75, 3.05) is 13.1 Å². The Bertz CT molecular complexity index is 941. The zero-order valence-corrected chi connectivity index (χ0v) is 16.0. The Hall–Kier alpha value is -3.07. The Kier molecular flexibility index (Phi) is 5.43. The van der Waals surface area contributed by atoms with E-state index in [0.717, 1.165) is 36.0 Å². The molecule has 146 valence electrons. The van der Waals surface area contributed by atoms with Crippen LogP contribution in [0.4, 0.5) is 0 Å². The minimum atomic E-state index is -0.118. The van der Waals surface area contributed by atoms with E-state index >= 15 is 0 Å². The molecule has 4 rings (SSSR count). The lowest BCUT2D eigenvalue weighted by Crippen LogP contribution is -2.30. The maximum Gasteiger partial charge on any atom is 0.242 e. The number of hydrogen-bond acceptors (Lipinski definition) is 6. The van der Waals surface area contributed by atoms with Crippen molar-refractivity contribution >= 4 is 5.91 Å². The Labute approximate surface area is 163 Å². The largest absolute Gasteiger partial charge is 0.350 e. The fraction of sp³-hybridized carbons (Fsp3) is 0.421. The molecule has 0 unspecified atom stereocenters. The van der Waals surface area contributed by atoms with Gasteiger partial charge < -0.3 is 9.88 Å². The molecular formula is C19H24N8O. The summed E-state index contributed by atoms with van der Waals surface area (Å²) < 4.78 is 3.59. The van der Waals surface area contributed by atoms with E-state index in [1.807, 2.05) is 42.0 Å². The van der Waals surface area contributed by atoms with Crippen molar-refractivity contribution in [2.45, 2.75) is 39.4 Å². The summed E-state index contributed by atoms with van der Waals surface area (Å²) >= 11 is 0. The molecule has 0 aliphatic carbocycles. The molecule has 1 aliphatic heterocycles. The van der Waals surface area contributed by atoms with Crippen LogP contribution in [0.15, 0.2) is 36.7 Å². The number of carbonyl (C=O) groups is 1. The second kappa shape index (κ2) is 8.30. The third-order valence-corrected chi connectivity index (χ3v) is 5.02. The highest BCUT2D eigenvalue weighted by molar-refractivity contribution is 5.75. The van der Waals surface area contributed by atoms with Crippen molar-refractivity contribution in [3.8, 4) is 5.69 Å². The summed E-state index contributed by atoms with van der Waals surface area (Å²) in [5.74, 6) is 1.51. The molecule has 3 aromatic rings. The standard InChI is InChI=1S/C19H24N8O/c1-15-20-8-11-26(15)17-7-3-2-6-16(17)12-21-19(28)14-27-18(22-23-24-27)13-25-9-4-5-10-25/h2-3,6-8,11H,4-5,9-10,12-14H2,1H3,(H,21,28). The number of likely N-dealkylation sites (tertiary alicyclic amines) is 1. The van der Waals surface area contributed by atoms with Crippen LogP contribution in [0.3, 0.4) is 0 Å².